The normalized spacial score (nSPS) is 14.6. The van der Waals surface area contributed by atoms with Gasteiger partial charge in [-0.2, -0.15) is 11.1 Å². The maximum absolute atomic E-state index is 6.01. The molecule has 0 saturated carbocycles. The lowest BCUT2D eigenvalue weighted by Crippen LogP contribution is -1.97. The first-order chi connectivity index (χ1) is 4.31. The molecule has 9 heavy (non-hydrogen) atoms. The lowest BCUT2D eigenvalue weighted by Gasteiger charge is -1.97. The average molecular weight is 163 g/mol. The van der Waals surface area contributed by atoms with Crippen molar-refractivity contribution >= 4 is 19.2 Å². The van der Waals surface area contributed by atoms with Gasteiger partial charge in [0.1, 0.15) is 0 Å². The van der Waals surface area contributed by atoms with Crippen LogP contribution in [0.15, 0.2) is 11.8 Å². The summed E-state index contributed by atoms with van der Waals surface area (Å²) in [7, 11) is -0.928. The Morgan fingerprint density at radius 2 is 2.22 bits per heavy atom. The smallest absolute Gasteiger partial charge is 0.164 e. The predicted octanol–water partition coefficient (Wildman–Crippen LogP) is 2.86. The molecule has 0 aromatic carbocycles. The summed E-state index contributed by atoms with van der Waals surface area (Å²) in [5.41, 5.74) is 2.18. The molecule has 0 aliphatic carbocycles. The van der Waals surface area contributed by atoms with Crippen LogP contribution in [0.25, 0.3) is 0 Å². The lowest BCUT2D eigenvalue weighted by atomic mass is 10.4. The first kappa shape index (κ1) is 9.25. The van der Waals surface area contributed by atoms with Crippen molar-refractivity contribution < 1.29 is 0 Å². The van der Waals surface area contributed by atoms with Gasteiger partial charge in [-0.05, 0) is 13.0 Å². The summed E-state index contributed by atoms with van der Waals surface area (Å²) in [6.45, 7) is 4.24. The second-order valence-corrected chi connectivity index (χ2v) is 5.86. The highest BCUT2D eigenvalue weighted by atomic mass is 35.6. The number of allylic oxidation sites excluding steroid dienone is 1. The van der Waals surface area contributed by atoms with Gasteiger partial charge < -0.3 is 0 Å². The summed E-state index contributed by atoms with van der Waals surface area (Å²) in [6.07, 6.45) is 4.64. The fourth-order valence-corrected chi connectivity index (χ4v) is 3.01. The Kier molecular flexibility index (Phi) is 6.54. The SMILES string of the molecule is CC=C[SiH](Cl)CCCC. The molecule has 0 radical (unpaired) electrons. The van der Waals surface area contributed by atoms with Crippen molar-refractivity contribution in [1.82, 2.24) is 0 Å². The minimum Gasteiger partial charge on any atom is -0.166 e. The molecule has 0 rings (SSSR count). The Morgan fingerprint density at radius 3 is 2.67 bits per heavy atom. The number of halogens is 1. The Bertz CT molecular complexity index is 81.0. The Labute approximate surface area is 64.2 Å². The molecule has 2 heteroatoms. The number of unbranched alkanes of at least 4 members (excludes halogenated alkanes) is 1. The van der Waals surface area contributed by atoms with Crippen LogP contribution >= 0.6 is 11.1 Å². The van der Waals surface area contributed by atoms with Gasteiger partial charge in [-0.15, -0.1) is 0 Å². The molecule has 0 saturated heterocycles. The quantitative estimate of drug-likeness (QED) is 0.441. The Balaban J connectivity index is 3.15. The highest BCUT2D eigenvalue weighted by molar-refractivity contribution is 7.09. The number of hydrogen-bond donors (Lipinski definition) is 0. The van der Waals surface area contributed by atoms with E-state index in [1.54, 1.807) is 0 Å². The zero-order valence-electron chi connectivity index (χ0n) is 6.23. The van der Waals surface area contributed by atoms with Crippen LogP contribution in [0.3, 0.4) is 0 Å². The summed E-state index contributed by atoms with van der Waals surface area (Å²) in [5.74, 6) is 0. The molecule has 0 aliphatic heterocycles. The van der Waals surface area contributed by atoms with Gasteiger partial charge in [-0.1, -0.05) is 31.5 Å². The highest BCUT2D eigenvalue weighted by Gasteiger charge is 1.98. The summed E-state index contributed by atoms with van der Waals surface area (Å²) >= 11 is 6.01. The van der Waals surface area contributed by atoms with Gasteiger partial charge in [0, 0.05) is 0 Å². The monoisotopic (exact) mass is 162 g/mol. The highest BCUT2D eigenvalue weighted by Crippen LogP contribution is 2.05. The maximum Gasteiger partial charge on any atom is 0.164 e. The molecule has 1 unspecified atom stereocenters. The first-order valence-corrected chi connectivity index (χ1v) is 6.81. The molecule has 0 aromatic rings. The largest absolute Gasteiger partial charge is 0.166 e. The van der Waals surface area contributed by atoms with Crippen molar-refractivity contribution in [1.29, 1.82) is 0 Å². The van der Waals surface area contributed by atoms with E-state index in [0.29, 0.717) is 0 Å². The zero-order chi connectivity index (χ0) is 7.11. The van der Waals surface area contributed by atoms with Crippen LogP contribution in [-0.4, -0.2) is 8.11 Å². The van der Waals surface area contributed by atoms with Gasteiger partial charge in [0.05, 0.1) is 0 Å². The average Bonchev–Trinajstić information content (AvgIpc) is 1.85. The van der Waals surface area contributed by atoms with E-state index >= 15 is 0 Å². The molecular formula is C7H15ClSi. The van der Waals surface area contributed by atoms with Gasteiger partial charge in [0.2, 0.25) is 0 Å². The van der Waals surface area contributed by atoms with Crippen molar-refractivity contribution in [3.8, 4) is 0 Å². The summed E-state index contributed by atoms with van der Waals surface area (Å²) < 4.78 is 0. The van der Waals surface area contributed by atoms with Crippen molar-refractivity contribution in [2.45, 2.75) is 32.7 Å². The van der Waals surface area contributed by atoms with Gasteiger partial charge in [0.15, 0.2) is 8.11 Å². The van der Waals surface area contributed by atoms with E-state index in [2.05, 4.69) is 18.7 Å². The van der Waals surface area contributed by atoms with Crippen LogP contribution in [-0.2, 0) is 0 Å². The molecular weight excluding hydrogens is 148 g/mol. The summed E-state index contributed by atoms with van der Waals surface area (Å²) in [5, 5.41) is 0. The molecule has 0 aliphatic rings. The van der Waals surface area contributed by atoms with Crippen molar-refractivity contribution in [2.24, 2.45) is 0 Å². The van der Waals surface area contributed by atoms with Crippen molar-refractivity contribution in [2.75, 3.05) is 0 Å². The number of rotatable bonds is 4. The van der Waals surface area contributed by atoms with Crippen molar-refractivity contribution in [3.63, 3.8) is 0 Å². The predicted molar refractivity (Wildman–Crippen MR) is 47.5 cm³/mol. The zero-order valence-corrected chi connectivity index (χ0v) is 8.14. The van der Waals surface area contributed by atoms with Gasteiger partial charge in [0.25, 0.3) is 0 Å². The summed E-state index contributed by atoms with van der Waals surface area (Å²) in [6, 6.07) is 1.25. The van der Waals surface area contributed by atoms with E-state index in [1.807, 2.05) is 6.92 Å². The van der Waals surface area contributed by atoms with Crippen LogP contribution in [0.2, 0.25) is 6.04 Å². The van der Waals surface area contributed by atoms with Crippen LogP contribution in [0.4, 0.5) is 0 Å². The lowest BCUT2D eigenvalue weighted by molar-refractivity contribution is 0.879. The van der Waals surface area contributed by atoms with E-state index in [0.717, 1.165) is 0 Å². The minimum atomic E-state index is -0.928. The molecule has 0 N–H and O–H groups in total. The third-order valence-corrected chi connectivity index (χ3v) is 4.09. The van der Waals surface area contributed by atoms with Crippen LogP contribution < -0.4 is 0 Å². The number of hydrogen-bond acceptors (Lipinski definition) is 0. The molecule has 0 nitrogen and oxygen atoms in total. The molecule has 0 fully saturated rings. The molecule has 54 valence electrons. The van der Waals surface area contributed by atoms with Gasteiger partial charge in [-0.3, -0.25) is 0 Å². The van der Waals surface area contributed by atoms with E-state index in [9.17, 15) is 0 Å². The summed E-state index contributed by atoms with van der Waals surface area (Å²) in [4.78, 5) is 0. The standard InChI is InChI=1S/C7H15ClSi/c1-3-5-7-9(8)6-4-2/h4,6,9H,3,5,7H2,1-2H3. The second kappa shape index (κ2) is 6.37. The van der Waals surface area contributed by atoms with Gasteiger partial charge >= 0.3 is 0 Å². The van der Waals surface area contributed by atoms with E-state index in [-0.39, 0.29) is 0 Å². The molecule has 0 aromatic heterocycles. The minimum absolute atomic E-state index is 0.928. The Hall–Kier alpha value is 0.247. The van der Waals surface area contributed by atoms with Crippen LogP contribution in [0.5, 0.6) is 0 Å². The van der Waals surface area contributed by atoms with E-state index < -0.39 is 8.11 Å². The van der Waals surface area contributed by atoms with Crippen LogP contribution in [0, 0.1) is 0 Å². The van der Waals surface area contributed by atoms with Crippen molar-refractivity contribution in [3.05, 3.63) is 11.8 Å². The van der Waals surface area contributed by atoms with E-state index in [4.69, 9.17) is 11.1 Å². The molecule has 0 heterocycles. The third kappa shape index (κ3) is 6.13. The molecule has 1 atom stereocenters. The second-order valence-electron chi connectivity index (χ2n) is 2.18. The first-order valence-electron chi connectivity index (χ1n) is 3.58. The molecule has 0 amide bonds. The van der Waals surface area contributed by atoms with Gasteiger partial charge in [-0.25, -0.2) is 0 Å². The third-order valence-electron chi connectivity index (χ3n) is 1.23. The van der Waals surface area contributed by atoms with E-state index in [1.165, 1.54) is 18.9 Å². The van der Waals surface area contributed by atoms with Crippen LogP contribution in [0.1, 0.15) is 26.7 Å². The topological polar surface area (TPSA) is 0 Å². The fraction of sp³-hybridized carbons (Fsp3) is 0.714. The molecule has 0 spiro atoms. The fourth-order valence-electron chi connectivity index (χ4n) is 0.704. The molecule has 0 bridgehead atoms. The maximum atomic E-state index is 6.01. The Morgan fingerprint density at radius 1 is 1.56 bits per heavy atom.